The van der Waals surface area contributed by atoms with Crippen molar-refractivity contribution in [3.05, 3.63) is 111 Å². The number of nitrogens with zero attached hydrogens (tertiary/aromatic N) is 2. The summed E-state index contributed by atoms with van der Waals surface area (Å²) in [7, 11) is 0. The van der Waals surface area contributed by atoms with Crippen molar-refractivity contribution in [2.45, 2.75) is 13.2 Å². The first-order valence-electron chi connectivity index (χ1n) is 9.72. The van der Waals surface area contributed by atoms with Crippen molar-refractivity contribution in [1.29, 1.82) is 0 Å². The number of amides is 1. The van der Waals surface area contributed by atoms with Crippen LogP contribution >= 0.6 is 27.5 Å². The van der Waals surface area contributed by atoms with Crippen LogP contribution in [-0.2, 0) is 13.2 Å². The number of ether oxygens (including phenoxy) is 1. The second-order valence-corrected chi connectivity index (χ2v) is 8.37. The van der Waals surface area contributed by atoms with Crippen molar-refractivity contribution < 1.29 is 13.9 Å². The van der Waals surface area contributed by atoms with Gasteiger partial charge in [0.05, 0.1) is 11.6 Å². The number of rotatable bonds is 7. The van der Waals surface area contributed by atoms with Gasteiger partial charge in [0.1, 0.15) is 18.2 Å². The van der Waals surface area contributed by atoms with Gasteiger partial charge in [-0.15, -0.1) is 0 Å². The Labute approximate surface area is 197 Å². The number of carbonyl (C=O) groups excluding carboxylic acids is 1. The molecule has 0 radical (unpaired) electrons. The molecule has 1 N–H and O–H groups in total. The molecular formula is C24H18BrClFN3O2. The fourth-order valence-corrected chi connectivity index (χ4v) is 3.76. The summed E-state index contributed by atoms with van der Waals surface area (Å²) >= 11 is 9.52. The lowest BCUT2D eigenvalue weighted by Gasteiger charge is -2.09. The van der Waals surface area contributed by atoms with Gasteiger partial charge in [0.25, 0.3) is 5.91 Å². The average Bonchev–Trinajstić information content (AvgIpc) is 3.20. The topological polar surface area (TPSA) is 56.2 Å². The van der Waals surface area contributed by atoms with Gasteiger partial charge >= 0.3 is 0 Å². The molecule has 5 nitrogen and oxygen atoms in total. The van der Waals surface area contributed by atoms with Crippen molar-refractivity contribution in [2.24, 2.45) is 0 Å². The van der Waals surface area contributed by atoms with E-state index in [-0.39, 0.29) is 11.7 Å². The van der Waals surface area contributed by atoms with Crippen LogP contribution in [0.3, 0.4) is 0 Å². The molecule has 0 unspecified atom stereocenters. The number of aromatic nitrogens is 2. The van der Waals surface area contributed by atoms with Crippen LogP contribution in [0.4, 0.5) is 10.2 Å². The van der Waals surface area contributed by atoms with E-state index in [1.807, 2.05) is 24.3 Å². The SMILES string of the molecule is O=C(Nc1ccn(Cc2cccc(F)c2)n1)c1ccc(COc2ccc(Br)cc2Cl)cc1. The second kappa shape index (κ2) is 9.97. The summed E-state index contributed by atoms with van der Waals surface area (Å²) in [6, 6.07) is 20.5. The second-order valence-electron chi connectivity index (χ2n) is 7.04. The third-order valence-electron chi connectivity index (χ3n) is 4.62. The van der Waals surface area contributed by atoms with Gasteiger partial charge in [-0.05, 0) is 53.6 Å². The first kappa shape index (κ1) is 22.0. The van der Waals surface area contributed by atoms with E-state index in [0.29, 0.717) is 35.3 Å². The molecule has 32 heavy (non-hydrogen) atoms. The highest BCUT2D eigenvalue weighted by atomic mass is 79.9. The molecule has 0 aliphatic carbocycles. The molecule has 4 aromatic rings. The number of nitrogens with one attached hydrogen (secondary N) is 1. The van der Waals surface area contributed by atoms with E-state index in [1.165, 1.54) is 12.1 Å². The first-order valence-corrected chi connectivity index (χ1v) is 10.9. The zero-order valence-electron chi connectivity index (χ0n) is 16.8. The van der Waals surface area contributed by atoms with Gasteiger partial charge in [0.15, 0.2) is 5.82 Å². The lowest BCUT2D eigenvalue weighted by atomic mass is 10.1. The molecule has 162 valence electrons. The lowest BCUT2D eigenvalue weighted by Crippen LogP contribution is -2.13. The van der Waals surface area contributed by atoms with E-state index in [9.17, 15) is 9.18 Å². The molecule has 0 atom stereocenters. The maximum Gasteiger partial charge on any atom is 0.256 e. The number of anilines is 1. The van der Waals surface area contributed by atoms with Crippen LogP contribution < -0.4 is 10.1 Å². The largest absolute Gasteiger partial charge is 0.487 e. The van der Waals surface area contributed by atoms with Gasteiger partial charge in [-0.2, -0.15) is 5.10 Å². The third-order valence-corrected chi connectivity index (χ3v) is 5.41. The van der Waals surface area contributed by atoms with Crippen LogP contribution in [0.1, 0.15) is 21.5 Å². The molecule has 0 aliphatic rings. The lowest BCUT2D eigenvalue weighted by molar-refractivity contribution is 0.102. The van der Waals surface area contributed by atoms with E-state index in [1.54, 1.807) is 47.3 Å². The summed E-state index contributed by atoms with van der Waals surface area (Å²) < 4.78 is 21.6. The zero-order chi connectivity index (χ0) is 22.5. The summed E-state index contributed by atoms with van der Waals surface area (Å²) in [6.45, 7) is 0.735. The van der Waals surface area contributed by atoms with Crippen LogP contribution in [0.2, 0.25) is 5.02 Å². The normalized spacial score (nSPS) is 10.7. The summed E-state index contributed by atoms with van der Waals surface area (Å²) in [5, 5.41) is 7.61. The van der Waals surface area contributed by atoms with Crippen LogP contribution in [-0.4, -0.2) is 15.7 Å². The maximum absolute atomic E-state index is 13.3. The number of carbonyl (C=O) groups is 1. The number of halogens is 3. The Kier molecular flexibility index (Phi) is 6.87. The Hall–Kier alpha value is -3.16. The van der Waals surface area contributed by atoms with Gasteiger partial charge < -0.3 is 10.1 Å². The van der Waals surface area contributed by atoms with Crippen molar-refractivity contribution in [2.75, 3.05) is 5.32 Å². The molecular weight excluding hydrogens is 497 g/mol. The molecule has 8 heteroatoms. The first-order chi connectivity index (χ1) is 15.5. The Balaban J connectivity index is 1.33. The minimum Gasteiger partial charge on any atom is -0.487 e. The minimum absolute atomic E-state index is 0.274. The van der Waals surface area contributed by atoms with E-state index < -0.39 is 0 Å². The van der Waals surface area contributed by atoms with E-state index in [0.717, 1.165) is 15.6 Å². The molecule has 3 aromatic carbocycles. The fraction of sp³-hybridized carbons (Fsp3) is 0.0833. The predicted molar refractivity (Wildman–Crippen MR) is 126 cm³/mol. The Morgan fingerprint density at radius 3 is 2.62 bits per heavy atom. The molecule has 1 aromatic heterocycles. The van der Waals surface area contributed by atoms with Gasteiger partial charge in [0.2, 0.25) is 0 Å². The van der Waals surface area contributed by atoms with Crippen LogP contribution in [0, 0.1) is 5.82 Å². The molecule has 0 saturated heterocycles. The molecule has 4 rings (SSSR count). The number of hydrogen-bond acceptors (Lipinski definition) is 3. The van der Waals surface area contributed by atoms with Crippen molar-refractivity contribution in [3.63, 3.8) is 0 Å². The molecule has 1 amide bonds. The number of benzene rings is 3. The van der Waals surface area contributed by atoms with Crippen LogP contribution in [0.15, 0.2) is 83.5 Å². The molecule has 0 aliphatic heterocycles. The van der Waals surface area contributed by atoms with Crippen LogP contribution in [0.25, 0.3) is 0 Å². The molecule has 0 bridgehead atoms. The standard InChI is InChI=1S/C24H18BrClFN3O2/c25-19-8-9-22(21(26)13-19)32-15-16-4-6-18(7-5-16)24(31)28-23-10-11-30(29-23)14-17-2-1-3-20(27)12-17/h1-13H,14-15H2,(H,28,29,31). The minimum atomic E-state index is -0.294. The third kappa shape index (κ3) is 5.75. The summed E-state index contributed by atoms with van der Waals surface area (Å²) in [4.78, 5) is 12.5. The molecule has 0 saturated carbocycles. The van der Waals surface area contributed by atoms with Gasteiger partial charge in [-0.25, -0.2) is 4.39 Å². The van der Waals surface area contributed by atoms with Gasteiger partial charge in [0, 0.05) is 22.3 Å². The van der Waals surface area contributed by atoms with E-state index >= 15 is 0 Å². The molecule has 1 heterocycles. The number of hydrogen-bond donors (Lipinski definition) is 1. The van der Waals surface area contributed by atoms with E-state index in [2.05, 4.69) is 26.3 Å². The predicted octanol–water partition coefficient (Wildman–Crippen LogP) is 6.32. The van der Waals surface area contributed by atoms with Crippen molar-refractivity contribution in [3.8, 4) is 5.75 Å². The molecule has 0 spiro atoms. The van der Waals surface area contributed by atoms with E-state index in [4.69, 9.17) is 16.3 Å². The highest BCUT2D eigenvalue weighted by molar-refractivity contribution is 9.10. The van der Waals surface area contributed by atoms with Crippen LogP contribution in [0.5, 0.6) is 5.75 Å². The highest BCUT2D eigenvalue weighted by Crippen LogP contribution is 2.28. The Morgan fingerprint density at radius 2 is 1.88 bits per heavy atom. The Bertz CT molecular complexity index is 1240. The monoisotopic (exact) mass is 513 g/mol. The highest BCUT2D eigenvalue weighted by Gasteiger charge is 2.09. The quantitative estimate of drug-likeness (QED) is 0.314. The smallest absolute Gasteiger partial charge is 0.256 e. The molecule has 0 fully saturated rings. The maximum atomic E-state index is 13.3. The fourth-order valence-electron chi connectivity index (χ4n) is 3.03. The summed E-state index contributed by atoms with van der Waals surface area (Å²) in [5.74, 6) is 0.440. The summed E-state index contributed by atoms with van der Waals surface area (Å²) in [6.07, 6.45) is 1.73. The van der Waals surface area contributed by atoms with Crippen molar-refractivity contribution >= 4 is 39.3 Å². The summed E-state index contributed by atoms with van der Waals surface area (Å²) in [5.41, 5.74) is 2.18. The van der Waals surface area contributed by atoms with Crippen molar-refractivity contribution in [1.82, 2.24) is 9.78 Å². The Morgan fingerprint density at radius 1 is 1.06 bits per heavy atom. The average molecular weight is 515 g/mol. The van der Waals surface area contributed by atoms with Gasteiger partial charge in [-0.3, -0.25) is 9.48 Å². The zero-order valence-corrected chi connectivity index (χ0v) is 19.1. The van der Waals surface area contributed by atoms with Gasteiger partial charge in [-0.1, -0.05) is 51.8 Å².